The van der Waals surface area contributed by atoms with Gasteiger partial charge in [0.2, 0.25) is 0 Å². The minimum absolute atomic E-state index is 0.179. The van der Waals surface area contributed by atoms with Gasteiger partial charge in [0.15, 0.2) is 6.10 Å². The molecule has 0 aromatic rings. The van der Waals surface area contributed by atoms with Gasteiger partial charge >= 0.3 is 17.9 Å². The van der Waals surface area contributed by atoms with Crippen molar-refractivity contribution in [3.63, 3.8) is 0 Å². The van der Waals surface area contributed by atoms with Crippen molar-refractivity contribution in [2.75, 3.05) is 47.5 Å². The summed E-state index contributed by atoms with van der Waals surface area (Å²) >= 11 is 0. The number of carbonyl (C=O) groups is 3. The van der Waals surface area contributed by atoms with E-state index in [2.05, 4.69) is 26.0 Å². The maximum absolute atomic E-state index is 12.8. The number of rotatable bonds is 62. The van der Waals surface area contributed by atoms with Crippen LogP contribution >= 0.6 is 0 Å². The average Bonchev–Trinajstić information content (AvgIpc) is 3.38. The predicted octanol–water partition coefficient (Wildman–Crippen LogP) is 19.7. The van der Waals surface area contributed by atoms with Gasteiger partial charge in [-0.15, -0.1) is 0 Å². The normalized spacial score (nSPS) is 12.7. The smallest absolute Gasteiger partial charge is 0.361 e. The second-order valence-corrected chi connectivity index (χ2v) is 23.8. The van der Waals surface area contributed by atoms with Crippen LogP contribution in [0.1, 0.15) is 335 Å². The lowest BCUT2D eigenvalue weighted by molar-refractivity contribution is -0.870. The molecule has 0 aromatic heterocycles. The molecule has 444 valence electrons. The van der Waals surface area contributed by atoms with Crippen LogP contribution in [0.3, 0.4) is 0 Å². The number of esters is 2. The van der Waals surface area contributed by atoms with E-state index in [9.17, 15) is 19.5 Å². The Bertz CT molecular complexity index is 1240. The van der Waals surface area contributed by atoms with Crippen LogP contribution in [0.25, 0.3) is 0 Å². The SMILES string of the molecule is CCCC/C=C\CCCCCCCC(=O)OC(COC(=O)CCCCCCCCCCCCCCCCCCCCCCCCCCCCCCCCCCCCCCCCC)COC(OCC[N+](C)(C)C)C(=O)O. The maximum atomic E-state index is 12.8. The van der Waals surface area contributed by atoms with Gasteiger partial charge in [-0.2, -0.15) is 0 Å². The molecule has 0 saturated heterocycles. The molecule has 0 amide bonds. The zero-order valence-corrected chi connectivity index (χ0v) is 50.7. The topological polar surface area (TPSA) is 108 Å². The van der Waals surface area contributed by atoms with Crippen molar-refractivity contribution in [3.8, 4) is 0 Å². The molecule has 0 radical (unpaired) electrons. The molecule has 0 aromatic carbocycles. The Labute approximate surface area is 465 Å². The average molecular weight is 1060 g/mol. The van der Waals surface area contributed by atoms with Crippen LogP contribution in [-0.4, -0.2) is 87.4 Å². The monoisotopic (exact) mass is 1060 g/mol. The van der Waals surface area contributed by atoms with Crippen molar-refractivity contribution in [2.24, 2.45) is 0 Å². The third-order valence-electron chi connectivity index (χ3n) is 15.0. The maximum Gasteiger partial charge on any atom is 0.361 e. The molecule has 0 fully saturated rings. The third kappa shape index (κ3) is 59.5. The van der Waals surface area contributed by atoms with E-state index in [-0.39, 0.29) is 32.2 Å². The molecular formula is C66H128NO8+. The van der Waals surface area contributed by atoms with Crippen LogP contribution in [-0.2, 0) is 33.3 Å². The fourth-order valence-corrected chi connectivity index (χ4v) is 9.94. The summed E-state index contributed by atoms with van der Waals surface area (Å²) in [5.74, 6) is -2.00. The van der Waals surface area contributed by atoms with Crippen LogP contribution in [0, 0.1) is 0 Å². The first-order chi connectivity index (χ1) is 36.6. The zero-order chi connectivity index (χ0) is 54.8. The summed E-state index contributed by atoms with van der Waals surface area (Å²) in [4.78, 5) is 37.3. The number of ether oxygens (including phenoxy) is 4. The van der Waals surface area contributed by atoms with Crippen LogP contribution in [0.5, 0.6) is 0 Å². The Morgan fingerprint density at radius 1 is 0.387 bits per heavy atom. The number of aliphatic carboxylic acids is 1. The number of likely N-dealkylation sites (N-methyl/N-ethyl adjacent to an activating group) is 1. The standard InChI is InChI=1S/C66H127NO8/c1-6-8-10-12-14-16-18-19-20-21-22-23-24-25-26-27-28-29-30-31-32-33-34-35-36-37-38-39-40-41-42-43-44-45-47-48-50-52-54-56-63(68)73-60-62(61-74-66(65(70)71)72-59-58-67(3,4)5)75-64(69)57-55-53-51-49-46-17-15-13-11-9-7-2/h13,15,62,66H,6-12,14,16-61H2,1-5H3/p+1/b15-13-. The molecule has 0 aliphatic heterocycles. The van der Waals surface area contributed by atoms with Gasteiger partial charge < -0.3 is 28.5 Å². The molecule has 0 heterocycles. The summed E-state index contributed by atoms with van der Waals surface area (Å²) in [7, 11) is 5.97. The highest BCUT2D eigenvalue weighted by atomic mass is 16.7. The Morgan fingerprint density at radius 3 is 1.03 bits per heavy atom. The Kier molecular flexibility index (Phi) is 56.7. The fraction of sp³-hybridized carbons (Fsp3) is 0.924. The summed E-state index contributed by atoms with van der Waals surface area (Å²) in [6, 6.07) is 0. The van der Waals surface area contributed by atoms with Gasteiger partial charge in [-0.3, -0.25) is 9.59 Å². The van der Waals surface area contributed by atoms with Crippen molar-refractivity contribution in [2.45, 2.75) is 347 Å². The number of quaternary nitrogens is 1. The molecule has 0 spiro atoms. The van der Waals surface area contributed by atoms with E-state index in [4.69, 9.17) is 18.9 Å². The van der Waals surface area contributed by atoms with E-state index < -0.39 is 24.3 Å². The van der Waals surface area contributed by atoms with Crippen molar-refractivity contribution >= 4 is 17.9 Å². The molecule has 0 bridgehead atoms. The fourth-order valence-electron chi connectivity index (χ4n) is 9.94. The number of allylic oxidation sites excluding steroid dienone is 2. The minimum atomic E-state index is -1.51. The van der Waals surface area contributed by atoms with Crippen molar-refractivity contribution in [1.82, 2.24) is 0 Å². The highest BCUT2D eigenvalue weighted by Gasteiger charge is 2.25. The lowest BCUT2D eigenvalue weighted by atomic mass is 10.0. The molecule has 2 unspecified atom stereocenters. The minimum Gasteiger partial charge on any atom is -0.477 e. The summed E-state index contributed by atoms with van der Waals surface area (Å²) in [5.41, 5.74) is 0. The highest BCUT2D eigenvalue weighted by molar-refractivity contribution is 5.71. The second kappa shape index (κ2) is 58.2. The largest absolute Gasteiger partial charge is 0.477 e. The first-order valence-electron chi connectivity index (χ1n) is 32.9. The molecule has 9 heteroatoms. The molecule has 9 nitrogen and oxygen atoms in total. The first-order valence-corrected chi connectivity index (χ1v) is 32.9. The molecule has 2 atom stereocenters. The Morgan fingerprint density at radius 2 is 0.693 bits per heavy atom. The van der Waals surface area contributed by atoms with E-state index in [1.807, 2.05) is 21.1 Å². The molecule has 1 N–H and O–H groups in total. The molecule has 0 aliphatic rings. The van der Waals surface area contributed by atoms with Gasteiger partial charge in [0.25, 0.3) is 6.29 Å². The molecule has 0 saturated carbocycles. The molecule has 0 aliphatic carbocycles. The van der Waals surface area contributed by atoms with Gasteiger partial charge in [0.05, 0.1) is 34.4 Å². The number of unbranched alkanes of at least 4 members (excludes halogenated alkanes) is 45. The third-order valence-corrected chi connectivity index (χ3v) is 15.0. The van der Waals surface area contributed by atoms with Crippen LogP contribution in [0.2, 0.25) is 0 Å². The van der Waals surface area contributed by atoms with Gasteiger partial charge in [-0.25, -0.2) is 4.79 Å². The van der Waals surface area contributed by atoms with Crippen LogP contribution in [0.4, 0.5) is 0 Å². The quantitative estimate of drug-likeness (QED) is 0.0211. The van der Waals surface area contributed by atoms with Gasteiger partial charge in [-0.05, 0) is 32.1 Å². The lowest BCUT2D eigenvalue weighted by Crippen LogP contribution is -2.40. The van der Waals surface area contributed by atoms with Gasteiger partial charge in [0.1, 0.15) is 13.2 Å². The van der Waals surface area contributed by atoms with Crippen molar-refractivity contribution in [3.05, 3.63) is 12.2 Å². The van der Waals surface area contributed by atoms with Gasteiger partial charge in [-0.1, -0.05) is 302 Å². The van der Waals surface area contributed by atoms with E-state index >= 15 is 0 Å². The number of hydrogen-bond acceptors (Lipinski definition) is 7. The molecular weight excluding hydrogens is 935 g/mol. The molecule has 75 heavy (non-hydrogen) atoms. The summed E-state index contributed by atoms with van der Waals surface area (Å²) in [6.45, 7) is 4.87. The molecule has 0 rings (SSSR count). The zero-order valence-electron chi connectivity index (χ0n) is 50.7. The van der Waals surface area contributed by atoms with Crippen molar-refractivity contribution in [1.29, 1.82) is 0 Å². The van der Waals surface area contributed by atoms with E-state index in [1.54, 1.807) is 0 Å². The lowest BCUT2D eigenvalue weighted by Gasteiger charge is -2.25. The number of carboxylic acids is 1. The second-order valence-electron chi connectivity index (χ2n) is 23.8. The van der Waals surface area contributed by atoms with E-state index in [0.29, 0.717) is 23.9 Å². The number of carboxylic acid groups (broad SMARTS) is 1. The van der Waals surface area contributed by atoms with Crippen molar-refractivity contribution < 1.29 is 42.9 Å². The predicted molar refractivity (Wildman–Crippen MR) is 318 cm³/mol. The summed E-state index contributed by atoms with van der Waals surface area (Å²) in [6.07, 6.45) is 66.5. The highest BCUT2D eigenvalue weighted by Crippen LogP contribution is 2.19. The van der Waals surface area contributed by atoms with Crippen LogP contribution in [0.15, 0.2) is 12.2 Å². The van der Waals surface area contributed by atoms with Crippen LogP contribution < -0.4 is 0 Å². The Balaban J connectivity index is 3.82. The summed E-state index contributed by atoms with van der Waals surface area (Å²) in [5, 5.41) is 9.68. The number of nitrogens with zero attached hydrogens (tertiary/aromatic N) is 1. The van der Waals surface area contributed by atoms with Gasteiger partial charge in [0, 0.05) is 12.8 Å². The van der Waals surface area contributed by atoms with E-state index in [0.717, 1.165) is 57.8 Å². The number of hydrogen-bond donors (Lipinski definition) is 1. The van der Waals surface area contributed by atoms with E-state index in [1.165, 1.54) is 244 Å². The number of carbonyl (C=O) groups excluding carboxylic acids is 2. The summed E-state index contributed by atoms with van der Waals surface area (Å²) < 4.78 is 22.8. The Hall–Kier alpha value is -1.97. The first kappa shape index (κ1) is 73.0.